The number of hydrogen-bond acceptors (Lipinski definition) is 3. The van der Waals surface area contributed by atoms with Gasteiger partial charge in [0.2, 0.25) is 0 Å². The second-order valence-corrected chi connectivity index (χ2v) is 3.31. The lowest BCUT2D eigenvalue weighted by Gasteiger charge is -2.09. The lowest BCUT2D eigenvalue weighted by molar-refractivity contribution is 0.205. The fourth-order valence-electron chi connectivity index (χ4n) is 1.68. The summed E-state index contributed by atoms with van der Waals surface area (Å²) in [4.78, 5) is 0. The van der Waals surface area contributed by atoms with Crippen molar-refractivity contribution in [1.29, 1.82) is 0 Å². The first-order valence-electron chi connectivity index (χ1n) is 4.24. The average molecular weight is 217 g/mol. The fourth-order valence-corrected chi connectivity index (χ4v) is 1.68. The summed E-state index contributed by atoms with van der Waals surface area (Å²) in [5.41, 5.74) is 3.41. The van der Waals surface area contributed by atoms with Gasteiger partial charge in [-0.05, 0) is 6.92 Å². The number of nitrogens with two attached hydrogens (primary N) is 1. The maximum Gasteiger partial charge on any atom is 0.495 e. The average Bonchev–Trinajstić information content (AvgIpc) is 2.47. The van der Waals surface area contributed by atoms with Crippen molar-refractivity contribution in [1.82, 2.24) is 0 Å². The first-order valence-corrected chi connectivity index (χ1v) is 4.24. The Kier molecular flexibility index (Phi) is 2.16. The molecular formula is C8H7BF3NO2. The molecule has 0 aliphatic carbocycles. The molecule has 0 amide bonds. The minimum Gasteiger partial charge on any atom is -0.423 e. The maximum absolute atomic E-state index is 13.4. The van der Waals surface area contributed by atoms with E-state index in [9.17, 15) is 18.2 Å². The highest BCUT2D eigenvalue weighted by atomic mass is 19.2. The Morgan fingerprint density at radius 2 is 1.87 bits per heavy atom. The first-order chi connectivity index (χ1) is 6.95. The van der Waals surface area contributed by atoms with Gasteiger partial charge in [-0.1, -0.05) is 0 Å². The molecule has 80 valence electrons. The van der Waals surface area contributed by atoms with Crippen molar-refractivity contribution in [2.45, 2.75) is 13.0 Å². The van der Waals surface area contributed by atoms with Gasteiger partial charge in [-0.3, -0.25) is 0 Å². The Balaban J connectivity index is 2.80. The summed E-state index contributed by atoms with van der Waals surface area (Å²) in [6.07, 6.45) is -0.854. The summed E-state index contributed by atoms with van der Waals surface area (Å²) in [5.74, 6) is -3.93. The zero-order chi connectivity index (χ0) is 11.3. The first kappa shape index (κ1) is 10.3. The molecule has 0 saturated carbocycles. The largest absolute Gasteiger partial charge is 0.495 e. The van der Waals surface area contributed by atoms with Crippen LogP contribution in [-0.2, 0) is 4.65 Å². The zero-order valence-electron chi connectivity index (χ0n) is 7.72. The maximum atomic E-state index is 13.4. The van der Waals surface area contributed by atoms with E-state index in [1.807, 2.05) is 0 Å². The monoisotopic (exact) mass is 217 g/mol. The topological polar surface area (TPSA) is 55.5 Å². The molecule has 1 unspecified atom stereocenters. The molecular weight excluding hydrogens is 210 g/mol. The Hall–Kier alpha value is -1.21. The van der Waals surface area contributed by atoms with Crippen LogP contribution in [0.25, 0.3) is 0 Å². The Labute approximate surface area is 83.8 Å². The molecule has 0 saturated heterocycles. The van der Waals surface area contributed by atoms with Crippen molar-refractivity contribution in [3.05, 3.63) is 23.0 Å². The molecule has 1 heterocycles. The molecule has 15 heavy (non-hydrogen) atoms. The van der Waals surface area contributed by atoms with Gasteiger partial charge in [0.1, 0.15) is 5.69 Å². The number of hydrogen-bond donors (Lipinski definition) is 2. The molecule has 0 radical (unpaired) electrons. The van der Waals surface area contributed by atoms with E-state index in [-0.39, 0.29) is 5.56 Å². The zero-order valence-corrected chi connectivity index (χ0v) is 7.72. The van der Waals surface area contributed by atoms with E-state index in [1.165, 1.54) is 6.92 Å². The molecule has 1 aliphatic rings. The number of rotatable bonds is 0. The summed E-state index contributed by atoms with van der Waals surface area (Å²) < 4.78 is 44.5. The summed E-state index contributed by atoms with van der Waals surface area (Å²) in [6, 6.07) is 0. The standard InChI is InChI=1S/C8H7BF3NO2/c1-2-3-4(9(14)15-2)6(11)7(12)8(13)5(3)10/h2,14H,13H2,1H3. The number of nitrogen functional groups attached to an aromatic ring is 1. The second-order valence-electron chi connectivity index (χ2n) is 3.31. The molecule has 1 aromatic rings. The third-order valence-electron chi connectivity index (χ3n) is 2.42. The molecule has 3 nitrogen and oxygen atoms in total. The van der Waals surface area contributed by atoms with Crippen LogP contribution in [0.4, 0.5) is 18.9 Å². The van der Waals surface area contributed by atoms with Crippen LogP contribution >= 0.6 is 0 Å². The van der Waals surface area contributed by atoms with Crippen molar-refractivity contribution < 1.29 is 22.8 Å². The molecule has 0 spiro atoms. The van der Waals surface area contributed by atoms with E-state index >= 15 is 0 Å². The van der Waals surface area contributed by atoms with Gasteiger partial charge >= 0.3 is 7.12 Å². The highest BCUT2D eigenvalue weighted by Gasteiger charge is 2.40. The van der Waals surface area contributed by atoms with Crippen LogP contribution in [0.15, 0.2) is 0 Å². The van der Waals surface area contributed by atoms with Gasteiger partial charge in [0.15, 0.2) is 17.5 Å². The molecule has 1 aliphatic heterocycles. The van der Waals surface area contributed by atoms with Gasteiger partial charge < -0.3 is 15.4 Å². The molecule has 0 fully saturated rings. The van der Waals surface area contributed by atoms with E-state index in [4.69, 9.17) is 10.4 Å². The number of fused-ring (bicyclic) bond motifs is 1. The number of benzene rings is 1. The predicted molar refractivity (Wildman–Crippen MR) is 47.8 cm³/mol. The van der Waals surface area contributed by atoms with Crippen LogP contribution in [0.1, 0.15) is 18.6 Å². The molecule has 1 atom stereocenters. The molecule has 7 heteroatoms. The Morgan fingerprint density at radius 3 is 2.47 bits per heavy atom. The van der Waals surface area contributed by atoms with Crippen molar-refractivity contribution in [2.75, 3.05) is 5.73 Å². The normalized spacial score (nSPS) is 19.5. The third-order valence-corrected chi connectivity index (χ3v) is 2.42. The molecule has 0 bridgehead atoms. The number of anilines is 1. The van der Waals surface area contributed by atoms with E-state index in [0.29, 0.717) is 0 Å². The van der Waals surface area contributed by atoms with E-state index in [0.717, 1.165) is 0 Å². The molecule has 1 aromatic carbocycles. The van der Waals surface area contributed by atoms with E-state index in [1.54, 1.807) is 0 Å². The van der Waals surface area contributed by atoms with Crippen LogP contribution in [-0.4, -0.2) is 12.1 Å². The highest BCUT2D eigenvalue weighted by Crippen LogP contribution is 2.31. The second kappa shape index (κ2) is 3.14. The fraction of sp³-hybridized carbons (Fsp3) is 0.250. The van der Waals surface area contributed by atoms with Crippen molar-refractivity contribution in [3.8, 4) is 0 Å². The minimum absolute atomic E-state index is 0.223. The molecule has 3 N–H and O–H groups in total. The summed E-state index contributed by atoms with van der Waals surface area (Å²) >= 11 is 0. The van der Waals surface area contributed by atoms with Crippen LogP contribution in [0.3, 0.4) is 0 Å². The SMILES string of the molecule is CC1OB(O)c2c(F)c(F)c(N)c(F)c21. The van der Waals surface area contributed by atoms with Gasteiger partial charge in [0, 0.05) is 11.0 Å². The summed E-state index contributed by atoms with van der Waals surface area (Å²) in [5, 5.41) is 9.24. The van der Waals surface area contributed by atoms with Crippen LogP contribution < -0.4 is 11.2 Å². The van der Waals surface area contributed by atoms with Gasteiger partial charge in [-0.25, -0.2) is 13.2 Å². The molecule has 0 aromatic heterocycles. The Bertz CT molecular complexity index is 402. The van der Waals surface area contributed by atoms with Crippen molar-refractivity contribution >= 4 is 18.3 Å². The van der Waals surface area contributed by atoms with Gasteiger partial charge in [-0.2, -0.15) is 0 Å². The minimum atomic E-state index is -1.65. The van der Waals surface area contributed by atoms with Crippen LogP contribution in [0.2, 0.25) is 0 Å². The molecule has 2 rings (SSSR count). The highest BCUT2D eigenvalue weighted by molar-refractivity contribution is 6.61. The quantitative estimate of drug-likeness (QED) is 0.377. The smallest absolute Gasteiger partial charge is 0.423 e. The number of halogens is 3. The van der Waals surface area contributed by atoms with E-state index in [2.05, 4.69) is 0 Å². The Morgan fingerprint density at radius 1 is 1.27 bits per heavy atom. The lowest BCUT2D eigenvalue weighted by atomic mass is 9.78. The van der Waals surface area contributed by atoms with Crippen LogP contribution in [0.5, 0.6) is 0 Å². The van der Waals surface area contributed by atoms with Gasteiger partial charge in [0.05, 0.1) is 6.10 Å². The van der Waals surface area contributed by atoms with Crippen molar-refractivity contribution in [3.63, 3.8) is 0 Å². The lowest BCUT2D eigenvalue weighted by Crippen LogP contribution is -2.33. The van der Waals surface area contributed by atoms with Crippen molar-refractivity contribution in [2.24, 2.45) is 0 Å². The third kappa shape index (κ3) is 1.23. The van der Waals surface area contributed by atoms with Gasteiger partial charge in [0.25, 0.3) is 0 Å². The summed E-state index contributed by atoms with van der Waals surface area (Å²) in [6.45, 7) is 1.41. The van der Waals surface area contributed by atoms with Crippen LogP contribution in [0, 0.1) is 17.5 Å². The predicted octanol–water partition coefficient (Wildman–Crippen LogP) is 0.465. The van der Waals surface area contributed by atoms with E-state index < -0.39 is 41.8 Å². The summed E-state index contributed by atoms with van der Waals surface area (Å²) in [7, 11) is -1.65. The van der Waals surface area contributed by atoms with Gasteiger partial charge in [-0.15, -0.1) is 0 Å².